The Balaban J connectivity index is 2.02. The second kappa shape index (κ2) is 8.99. The first-order valence-corrected chi connectivity index (χ1v) is 9.70. The van der Waals surface area contributed by atoms with E-state index in [9.17, 15) is 9.90 Å². The molecule has 0 unspecified atom stereocenters. The summed E-state index contributed by atoms with van der Waals surface area (Å²) in [6.45, 7) is 1.91. The number of thioether (sulfide) groups is 1. The number of hydrogen-bond donors (Lipinski definition) is 1. The molecule has 5 nitrogen and oxygen atoms in total. The smallest absolute Gasteiger partial charge is 0.344 e. The summed E-state index contributed by atoms with van der Waals surface area (Å²) in [6, 6.07) is 14.3. The van der Waals surface area contributed by atoms with Gasteiger partial charge >= 0.3 is 5.97 Å². The summed E-state index contributed by atoms with van der Waals surface area (Å²) in [4.78, 5) is 17.4. The SMILES string of the molecule is CCOC(=O)C1=C(O)C(=Cc2cccc(OC)c2)SC1=Nc1ccc(Cl)cc1. The topological polar surface area (TPSA) is 68.1 Å². The van der Waals surface area contributed by atoms with E-state index in [-0.39, 0.29) is 17.9 Å². The number of hydrogen-bond acceptors (Lipinski definition) is 6. The number of aliphatic imine (C=N–C) groups is 1. The van der Waals surface area contributed by atoms with Gasteiger partial charge in [0, 0.05) is 5.02 Å². The number of aliphatic hydroxyl groups is 1. The zero-order valence-corrected chi connectivity index (χ0v) is 16.9. The van der Waals surface area contributed by atoms with Gasteiger partial charge in [0.15, 0.2) is 0 Å². The van der Waals surface area contributed by atoms with Crippen LogP contribution in [0.15, 0.2) is 69.8 Å². The molecule has 0 amide bonds. The fourth-order valence-electron chi connectivity index (χ4n) is 2.51. The van der Waals surface area contributed by atoms with Crippen molar-refractivity contribution in [2.45, 2.75) is 6.92 Å². The second-order valence-electron chi connectivity index (χ2n) is 5.72. The van der Waals surface area contributed by atoms with Crippen LogP contribution in [0.5, 0.6) is 5.75 Å². The number of rotatable bonds is 5. The first kappa shape index (κ1) is 20.0. The molecule has 2 aromatic carbocycles. The van der Waals surface area contributed by atoms with E-state index in [0.29, 0.717) is 26.4 Å². The van der Waals surface area contributed by atoms with Crippen molar-refractivity contribution in [3.8, 4) is 5.75 Å². The minimum Gasteiger partial charge on any atom is -0.506 e. The monoisotopic (exact) mass is 415 g/mol. The molecule has 144 valence electrons. The van der Waals surface area contributed by atoms with Gasteiger partial charge in [0.05, 0.1) is 24.3 Å². The largest absolute Gasteiger partial charge is 0.506 e. The molecular weight excluding hydrogens is 398 g/mol. The van der Waals surface area contributed by atoms with E-state index in [4.69, 9.17) is 21.1 Å². The number of aliphatic hydroxyl groups excluding tert-OH is 1. The van der Waals surface area contributed by atoms with Crippen molar-refractivity contribution in [2.75, 3.05) is 13.7 Å². The lowest BCUT2D eigenvalue weighted by atomic mass is 10.1. The van der Waals surface area contributed by atoms with Gasteiger partial charge in [-0.3, -0.25) is 0 Å². The maximum atomic E-state index is 12.4. The number of carbonyl (C=O) groups is 1. The number of methoxy groups -OCH3 is 1. The van der Waals surface area contributed by atoms with E-state index in [1.54, 1.807) is 44.4 Å². The lowest BCUT2D eigenvalue weighted by Gasteiger charge is -2.03. The van der Waals surface area contributed by atoms with Gasteiger partial charge in [0.1, 0.15) is 22.1 Å². The fraction of sp³-hybridized carbons (Fsp3) is 0.143. The lowest BCUT2D eigenvalue weighted by Crippen LogP contribution is -2.12. The van der Waals surface area contributed by atoms with E-state index >= 15 is 0 Å². The number of halogens is 1. The van der Waals surface area contributed by atoms with E-state index in [1.165, 1.54) is 11.8 Å². The highest BCUT2D eigenvalue weighted by Crippen LogP contribution is 2.40. The number of esters is 1. The van der Waals surface area contributed by atoms with Gasteiger partial charge in [0.25, 0.3) is 0 Å². The summed E-state index contributed by atoms with van der Waals surface area (Å²) < 4.78 is 10.3. The zero-order chi connectivity index (χ0) is 20.1. The van der Waals surface area contributed by atoms with E-state index in [0.717, 1.165) is 5.56 Å². The van der Waals surface area contributed by atoms with Crippen LogP contribution in [-0.4, -0.2) is 29.8 Å². The Morgan fingerprint density at radius 2 is 2.00 bits per heavy atom. The Kier molecular flexibility index (Phi) is 6.44. The highest BCUT2D eigenvalue weighted by atomic mass is 35.5. The van der Waals surface area contributed by atoms with Crippen LogP contribution in [0.4, 0.5) is 5.69 Å². The maximum Gasteiger partial charge on any atom is 0.344 e. The second-order valence-corrected chi connectivity index (χ2v) is 7.19. The summed E-state index contributed by atoms with van der Waals surface area (Å²) in [5.74, 6) is -0.0743. The van der Waals surface area contributed by atoms with Gasteiger partial charge in [-0.2, -0.15) is 0 Å². The molecule has 1 aliphatic heterocycles. The van der Waals surface area contributed by atoms with Crippen molar-refractivity contribution in [3.05, 3.63) is 75.4 Å². The summed E-state index contributed by atoms with van der Waals surface area (Å²) in [6.07, 6.45) is 1.77. The molecule has 0 radical (unpaired) electrons. The molecule has 0 aliphatic carbocycles. The molecule has 0 aromatic heterocycles. The normalized spacial score (nSPS) is 16.7. The molecule has 0 saturated carbocycles. The van der Waals surface area contributed by atoms with Gasteiger partial charge in [-0.1, -0.05) is 35.5 Å². The van der Waals surface area contributed by atoms with E-state index in [2.05, 4.69) is 4.99 Å². The molecule has 0 bridgehead atoms. The van der Waals surface area contributed by atoms with Crippen LogP contribution in [0.3, 0.4) is 0 Å². The first-order chi connectivity index (χ1) is 13.5. The number of benzene rings is 2. The molecule has 0 fully saturated rings. The minimum atomic E-state index is -0.616. The molecule has 1 N–H and O–H groups in total. The lowest BCUT2D eigenvalue weighted by molar-refractivity contribution is -0.138. The van der Waals surface area contributed by atoms with E-state index in [1.807, 2.05) is 24.3 Å². The quantitative estimate of drug-likeness (QED) is 0.649. The Morgan fingerprint density at radius 3 is 2.68 bits per heavy atom. The third-order valence-corrected chi connectivity index (χ3v) is 5.09. The van der Waals surface area contributed by atoms with Crippen molar-refractivity contribution in [2.24, 2.45) is 4.99 Å². The molecule has 0 saturated heterocycles. The first-order valence-electron chi connectivity index (χ1n) is 8.50. The van der Waals surface area contributed by atoms with Crippen LogP contribution in [0, 0.1) is 0 Å². The van der Waals surface area contributed by atoms with Gasteiger partial charge in [-0.15, -0.1) is 0 Å². The van der Waals surface area contributed by atoms with Gasteiger partial charge < -0.3 is 14.6 Å². The highest BCUT2D eigenvalue weighted by molar-refractivity contribution is 8.18. The molecule has 2 aromatic rings. The van der Waals surface area contributed by atoms with Crippen LogP contribution in [-0.2, 0) is 9.53 Å². The molecular formula is C21H18ClNO4S. The van der Waals surface area contributed by atoms with E-state index < -0.39 is 5.97 Å². The van der Waals surface area contributed by atoms with Crippen LogP contribution in [0.1, 0.15) is 12.5 Å². The minimum absolute atomic E-state index is 0.0518. The molecule has 0 spiro atoms. The molecule has 0 atom stereocenters. The number of carbonyl (C=O) groups excluding carboxylic acids is 1. The summed E-state index contributed by atoms with van der Waals surface area (Å²) in [7, 11) is 1.59. The van der Waals surface area contributed by atoms with Crippen LogP contribution in [0.2, 0.25) is 5.02 Å². The van der Waals surface area contributed by atoms with Crippen molar-refractivity contribution in [1.29, 1.82) is 0 Å². The standard InChI is InChI=1S/C21H18ClNO4S/c1-3-27-21(25)18-19(24)17(12-13-5-4-6-16(11-13)26-2)28-20(18)23-15-9-7-14(22)8-10-15/h4-12,24H,3H2,1-2H3. The number of nitrogens with zero attached hydrogens (tertiary/aromatic N) is 1. The third kappa shape index (κ3) is 4.58. The average molecular weight is 416 g/mol. The Hall–Kier alpha value is -2.70. The molecule has 28 heavy (non-hydrogen) atoms. The van der Waals surface area contributed by atoms with Crippen molar-refractivity contribution in [3.63, 3.8) is 0 Å². The molecule has 7 heteroatoms. The summed E-state index contributed by atoms with van der Waals surface area (Å²) in [5.41, 5.74) is 1.49. The average Bonchev–Trinajstić information content (AvgIpc) is 2.99. The predicted octanol–water partition coefficient (Wildman–Crippen LogP) is 5.54. The Morgan fingerprint density at radius 1 is 1.25 bits per heavy atom. The molecule has 1 heterocycles. The van der Waals surface area contributed by atoms with Gasteiger partial charge in [0.2, 0.25) is 0 Å². The third-order valence-electron chi connectivity index (χ3n) is 3.82. The van der Waals surface area contributed by atoms with Crippen LogP contribution >= 0.6 is 23.4 Å². The van der Waals surface area contributed by atoms with Crippen LogP contribution in [0.25, 0.3) is 6.08 Å². The maximum absolute atomic E-state index is 12.4. The molecule has 3 rings (SSSR count). The number of ether oxygens (including phenoxy) is 2. The fourth-order valence-corrected chi connectivity index (χ4v) is 3.67. The summed E-state index contributed by atoms with van der Waals surface area (Å²) in [5, 5.41) is 11.6. The van der Waals surface area contributed by atoms with Crippen LogP contribution < -0.4 is 4.74 Å². The van der Waals surface area contributed by atoms with Gasteiger partial charge in [-0.05, 0) is 55.0 Å². The van der Waals surface area contributed by atoms with Crippen molar-refractivity contribution < 1.29 is 19.4 Å². The summed E-state index contributed by atoms with van der Waals surface area (Å²) >= 11 is 7.11. The predicted molar refractivity (Wildman–Crippen MR) is 113 cm³/mol. The van der Waals surface area contributed by atoms with Crippen molar-refractivity contribution >= 4 is 46.1 Å². The zero-order valence-electron chi connectivity index (χ0n) is 15.3. The van der Waals surface area contributed by atoms with Crippen molar-refractivity contribution in [1.82, 2.24) is 0 Å². The Bertz CT molecular complexity index is 980. The molecule has 1 aliphatic rings. The Labute approximate surface area is 172 Å². The highest BCUT2D eigenvalue weighted by Gasteiger charge is 2.33. The van der Waals surface area contributed by atoms with Gasteiger partial charge in [-0.25, -0.2) is 9.79 Å².